The van der Waals surface area contributed by atoms with E-state index >= 15 is 0 Å². The van der Waals surface area contributed by atoms with E-state index in [1.807, 2.05) is 17.8 Å². The third-order valence-electron chi connectivity index (χ3n) is 6.71. The van der Waals surface area contributed by atoms with Crippen molar-refractivity contribution in [1.29, 1.82) is 0 Å². The number of hydrogen-bond acceptors (Lipinski definition) is 6. The maximum absolute atomic E-state index is 13.0. The van der Waals surface area contributed by atoms with Gasteiger partial charge in [-0.15, -0.1) is 0 Å². The van der Waals surface area contributed by atoms with Gasteiger partial charge in [0.2, 0.25) is 0 Å². The normalized spacial score (nSPS) is 21.7. The summed E-state index contributed by atoms with van der Waals surface area (Å²) in [5, 5.41) is 0.360. The highest BCUT2D eigenvalue weighted by Gasteiger charge is 2.27. The first-order chi connectivity index (χ1) is 15.7. The van der Waals surface area contributed by atoms with Crippen LogP contribution in [-0.4, -0.2) is 50.8 Å². The highest BCUT2D eigenvalue weighted by Crippen LogP contribution is 2.34. The van der Waals surface area contributed by atoms with Crippen molar-refractivity contribution >= 4 is 17.1 Å². The van der Waals surface area contributed by atoms with Gasteiger partial charge in [-0.2, -0.15) is 0 Å². The topological polar surface area (TPSA) is 60.2 Å². The molecule has 4 rings (SSSR count). The Labute approximate surface area is 198 Å². The zero-order valence-electron chi connectivity index (χ0n) is 19.6. The molecule has 6 nitrogen and oxygen atoms in total. The van der Waals surface area contributed by atoms with Gasteiger partial charge in [0.05, 0.1) is 24.1 Å². The number of ketones is 1. The summed E-state index contributed by atoms with van der Waals surface area (Å²) in [4.78, 5) is 24.7. The highest BCUT2D eigenvalue weighted by molar-refractivity contribution is 7.13. The molecule has 0 radical (unpaired) electrons. The van der Waals surface area contributed by atoms with Crippen LogP contribution in [0.2, 0.25) is 0 Å². The number of fused-ring (bicyclic) bond motifs is 1. The molecule has 0 atom stereocenters. The number of halogens is 2. The fourth-order valence-corrected chi connectivity index (χ4v) is 5.82. The number of thiazole rings is 1. The van der Waals surface area contributed by atoms with Gasteiger partial charge in [-0.3, -0.25) is 9.69 Å². The van der Waals surface area contributed by atoms with Crippen molar-refractivity contribution < 1.29 is 18.3 Å². The van der Waals surface area contributed by atoms with Crippen molar-refractivity contribution in [3.63, 3.8) is 0 Å². The third kappa shape index (κ3) is 7.30. The van der Waals surface area contributed by atoms with Gasteiger partial charge in [-0.05, 0) is 44.1 Å². The molecule has 1 fully saturated rings. The molecule has 182 valence electrons. The van der Waals surface area contributed by atoms with Crippen LogP contribution in [0.5, 0.6) is 5.19 Å². The van der Waals surface area contributed by atoms with Crippen molar-refractivity contribution in [2.75, 3.05) is 19.7 Å². The van der Waals surface area contributed by atoms with Gasteiger partial charge in [0.15, 0.2) is 6.61 Å². The Morgan fingerprint density at radius 1 is 1.27 bits per heavy atom. The summed E-state index contributed by atoms with van der Waals surface area (Å²) in [6, 6.07) is 0. The molecule has 2 aliphatic rings. The van der Waals surface area contributed by atoms with Crippen LogP contribution in [0.25, 0.3) is 0 Å². The molecular weight excluding hydrogens is 446 g/mol. The van der Waals surface area contributed by atoms with Gasteiger partial charge in [0.25, 0.3) is 11.1 Å². The second-order valence-electron chi connectivity index (χ2n) is 9.86. The number of Topliss-reactive ketones (excluding diaryl/α,β-unsaturated/α-hetero) is 1. The number of imidazole rings is 1. The molecule has 2 aromatic rings. The van der Waals surface area contributed by atoms with Crippen LogP contribution >= 0.6 is 11.3 Å². The molecule has 0 N–H and O–H groups in total. The van der Waals surface area contributed by atoms with E-state index in [1.54, 1.807) is 6.33 Å². The lowest BCUT2D eigenvalue weighted by molar-refractivity contribution is -0.119. The zero-order chi connectivity index (χ0) is 23.4. The average molecular weight is 481 g/mol. The molecule has 0 saturated heterocycles. The quantitative estimate of drug-likeness (QED) is 0.495. The molecule has 0 spiro atoms. The molecule has 1 aliphatic carbocycles. The Morgan fingerprint density at radius 2 is 2.03 bits per heavy atom. The Hall–Kier alpha value is -1.87. The molecule has 0 unspecified atom stereocenters. The van der Waals surface area contributed by atoms with Crippen molar-refractivity contribution in [3.8, 4) is 5.19 Å². The van der Waals surface area contributed by atoms with Crippen LogP contribution in [0.1, 0.15) is 61.7 Å². The number of carbonyl (C=O) groups excluding carboxylic acids is 1. The van der Waals surface area contributed by atoms with Gasteiger partial charge in [0, 0.05) is 44.6 Å². The molecule has 1 aliphatic heterocycles. The van der Waals surface area contributed by atoms with E-state index in [0.717, 1.165) is 68.0 Å². The molecule has 2 aromatic heterocycles. The number of aryl methyl sites for hydroxylation is 1. The third-order valence-corrected chi connectivity index (χ3v) is 7.78. The smallest absolute Gasteiger partial charge is 0.278 e. The van der Waals surface area contributed by atoms with Crippen LogP contribution in [0, 0.1) is 11.8 Å². The maximum atomic E-state index is 13.0. The van der Waals surface area contributed by atoms with Crippen LogP contribution in [0.3, 0.4) is 0 Å². The van der Waals surface area contributed by atoms with E-state index in [4.69, 9.17) is 4.74 Å². The maximum Gasteiger partial charge on any atom is 0.278 e. The predicted molar refractivity (Wildman–Crippen MR) is 124 cm³/mol. The second kappa shape index (κ2) is 10.6. The van der Waals surface area contributed by atoms with Crippen LogP contribution < -0.4 is 4.74 Å². The summed E-state index contributed by atoms with van der Waals surface area (Å²) < 4.78 is 33.1. The zero-order valence-corrected chi connectivity index (χ0v) is 20.4. The summed E-state index contributed by atoms with van der Waals surface area (Å²) in [5.74, 6) is -1.31. The molecule has 9 heteroatoms. The molecule has 33 heavy (non-hydrogen) atoms. The van der Waals surface area contributed by atoms with E-state index in [1.165, 1.54) is 30.6 Å². The summed E-state index contributed by atoms with van der Waals surface area (Å²) >= 11 is 1.40. The number of carbonyl (C=O) groups is 1. The number of aromatic nitrogens is 3. The average Bonchev–Trinajstić information content (AvgIpc) is 3.36. The van der Waals surface area contributed by atoms with E-state index in [0.29, 0.717) is 29.7 Å². The van der Waals surface area contributed by atoms with Gasteiger partial charge < -0.3 is 9.30 Å². The van der Waals surface area contributed by atoms with E-state index in [9.17, 15) is 13.6 Å². The number of alkyl halides is 2. The minimum absolute atomic E-state index is 0.301. The van der Waals surface area contributed by atoms with Gasteiger partial charge in [0.1, 0.15) is 5.78 Å². The van der Waals surface area contributed by atoms with Gasteiger partial charge in [-0.1, -0.05) is 24.2 Å². The Kier molecular flexibility index (Phi) is 7.79. The fraction of sp³-hybridized carbons (Fsp3) is 0.708. The van der Waals surface area contributed by atoms with Gasteiger partial charge in [-0.25, -0.2) is 18.7 Å². The van der Waals surface area contributed by atoms with Crippen LogP contribution in [0.15, 0.2) is 12.5 Å². The number of nitrogens with zero attached hydrogens (tertiary/aromatic N) is 4. The lowest BCUT2D eigenvalue weighted by Gasteiger charge is -2.31. The van der Waals surface area contributed by atoms with Gasteiger partial charge >= 0.3 is 0 Å². The molecule has 1 saturated carbocycles. The van der Waals surface area contributed by atoms with Crippen molar-refractivity contribution in [2.45, 2.75) is 70.8 Å². The number of ether oxygens (including phenoxy) is 1. The van der Waals surface area contributed by atoms with E-state index < -0.39 is 12.5 Å². The van der Waals surface area contributed by atoms with Crippen molar-refractivity contribution in [1.82, 2.24) is 19.4 Å². The number of hydrogen-bond donors (Lipinski definition) is 0. The summed E-state index contributed by atoms with van der Waals surface area (Å²) in [6.07, 6.45) is 11.5. The van der Waals surface area contributed by atoms with Crippen LogP contribution in [-0.2, 0) is 31.2 Å². The SMILES string of the molecule is Cn1cnc(CC(=O)CC2CCC(CCN3CCc4sc(OCC(C)(F)F)nc4C3)CC2)c1. The number of rotatable bonds is 10. The minimum Gasteiger partial charge on any atom is -0.464 e. The first kappa shape index (κ1) is 24.3. The molecular formula is C24H34F2N4O2S. The minimum atomic E-state index is -2.84. The molecule has 0 amide bonds. The first-order valence-electron chi connectivity index (χ1n) is 11.9. The monoisotopic (exact) mass is 480 g/mol. The van der Waals surface area contributed by atoms with E-state index in [2.05, 4.69) is 14.9 Å². The molecule has 3 heterocycles. The lowest BCUT2D eigenvalue weighted by atomic mass is 9.78. The first-order valence-corrected chi connectivity index (χ1v) is 12.8. The largest absolute Gasteiger partial charge is 0.464 e. The standard InChI is InChI=1S/C24H34F2N4O2S/c1-24(25,26)15-32-23-28-21-14-30(10-8-22(21)33-23)9-7-17-3-5-18(6-4-17)11-20(31)12-19-13-29(2)16-27-19/h13,16-18H,3-12,14-15H2,1-2H3. The lowest BCUT2D eigenvalue weighted by Crippen LogP contribution is -2.32. The van der Waals surface area contributed by atoms with Crippen molar-refractivity contribution in [3.05, 3.63) is 28.8 Å². The van der Waals surface area contributed by atoms with E-state index in [-0.39, 0.29) is 0 Å². The molecule has 0 aromatic carbocycles. The summed E-state index contributed by atoms with van der Waals surface area (Å²) in [7, 11) is 1.92. The summed E-state index contributed by atoms with van der Waals surface area (Å²) in [5.41, 5.74) is 1.85. The Morgan fingerprint density at radius 3 is 2.73 bits per heavy atom. The Bertz CT molecular complexity index is 931. The summed E-state index contributed by atoms with van der Waals surface area (Å²) in [6.45, 7) is 3.02. The van der Waals surface area contributed by atoms with Crippen LogP contribution in [0.4, 0.5) is 8.78 Å². The predicted octanol–water partition coefficient (Wildman–Crippen LogP) is 4.67. The molecule has 0 bridgehead atoms. The Balaban J connectivity index is 1.15. The van der Waals surface area contributed by atoms with Crippen molar-refractivity contribution in [2.24, 2.45) is 18.9 Å². The highest BCUT2D eigenvalue weighted by atomic mass is 32.1. The second-order valence-corrected chi connectivity index (χ2v) is 10.9. The fourth-order valence-electron chi connectivity index (χ4n) is 4.91.